The molecule has 4 nitrogen and oxygen atoms in total. The molecule has 0 bridgehead atoms. The molecule has 1 aromatic rings. The summed E-state index contributed by atoms with van der Waals surface area (Å²) in [6.45, 7) is 4.60. The molecule has 0 radical (unpaired) electrons. The van der Waals surface area contributed by atoms with Crippen LogP contribution < -0.4 is 4.31 Å². The Labute approximate surface area is 115 Å². The molecule has 0 aromatic heterocycles. The second-order valence-corrected chi connectivity index (χ2v) is 7.22. The van der Waals surface area contributed by atoms with Crippen molar-refractivity contribution in [1.82, 2.24) is 0 Å². The smallest absolute Gasteiger partial charge is 0.237 e. The van der Waals surface area contributed by atoms with Gasteiger partial charge in [0.05, 0.1) is 17.5 Å². The largest absolute Gasteiger partial charge is 0.377 e. The third kappa shape index (κ3) is 3.28. The average molecular weight is 283 g/mol. The monoisotopic (exact) mass is 283 g/mol. The maximum absolute atomic E-state index is 12.4. The maximum atomic E-state index is 12.4. The highest BCUT2D eigenvalue weighted by molar-refractivity contribution is 7.92. The Morgan fingerprint density at radius 2 is 2.11 bits per heavy atom. The SMILES string of the molecule is Cc1ccc(N(C)S(=O)(=O)CC2CCCO2)c(C)c1. The van der Waals surface area contributed by atoms with Gasteiger partial charge in [-0.2, -0.15) is 0 Å². The van der Waals surface area contributed by atoms with Crippen LogP contribution in [-0.2, 0) is 14.8 Å². The first-order valence-corrected chi connectivity index (χ1v) is 8.16. The molecule has 0 N–H and O–H groups in total. The van der Waals surface area contributed by atoms with Gasteiger partial charge < -0.3 is 4.74 Å². The van der Waals surface area contributed by atoms with Crippen LogP contribution in [0.5, 0.6) is 0 Å². The number of sulfonamides is 1. The summed E-state index contributed by atoms with van der Waals surface area (Å²) >= 11 is 0. The molecule has 19 heavy (non-hydrogen) atoms. The highest BCUT2D eigenvalue weighted by Crippen LogP contribution is 2.24. The lowest BCUT2D eigenvalue weighted by atomic mass is 10.1. The number of rotatable bonds is 4. The van der Waals surface area contributed by atoms with Crippen molar-refractivity contribution in [3.63, 3.8) is 0 Å². The van der Waals surface area contributed by atoms with E-state index in [0.717, 1.165) is 29.7 Å². The highest BCUT2D eigenvalue weighted by atomic mass is 32.2. The van der Waals surface area contributed by atoms with Crippen molar-refractivity contribution in [3.05, 3.63) is 29.3 Å². The molecule has 2 rings (SSSR count). The number of anilines is 1. The fourth-order valence-electron chi connectivity index (χ4n) is 2.43. The van der Waals surface area contributed by atoms with Crippen LogP contribution in [0.2, 0.25) is 0 Å². The van der Waals surface area contributed by atoms with Crippen LogP contribution in [-0.4, -0.2) is 33.9 Å². The average Bonchev–Trinajstić information content (AvgIpc) is 2.80. The summed E-state index contributed by atoms with van der Waals surface area (Å²) in [6, 6.07) is 5.78. The molecule has 1 aromatic carbocycles. The Balaban J connectivity index is 2.19. The minimum absolute atomic E-state index is 0.0663. The summed E-state index contributed by atoms with van der Waals surface area (Å²) in [5.41, 5.74) is 2.84. The molecule has 0 aliphatic carbocycles. The van der Waals surface area contributed by atoms with Gasteiger partial charge in [-0.15, -0.1) is 0 Å². The van der Waals surface area contributed by atoms with Gasteiger partial charge in [0, 0.05) is 13.7 Å². The Kier molecular flexibility index (Phi) is 4.16. The van der Waals surface area contributed by atoms with Crippen LogP contribution in [0.15, 0.2) is 18.2 Å². The summed E-state index contributed by atoms with van der Waals surface area (Å²) in [6.07, 6.45) is 1.63. The zero-order valence-corrected chi connectivity index (χ0v) is 12.5. The molecule has 1 aliphatic heterocycles. The minimum Gasteiger partial charge on any atom is -0.377 e. The molecule has 5 heteroatoms. The van der Waals surface area contributed by atoms with E-state index < -0.39 is 10.0 Å². The van der Waals surface area contributed by atoms with Crippen LogP contribution in [0.3, 0.4) is 0 Å². The van der Waals surface area contributed by atoms with Gasteiger partial charge in [-0.25, -0.2) is 8.42 Å². The first-order valence-electron chi connectivity index (χ1n) is 6.55. The fraction of sp³-hybridized carbons (Fsp3) is 0.571. The molecule has 1 atom stereocenters. The van der Waals surface area contributed by atoms with Crippen LogP contribution in [0.25, 0.3) is 0 Å². The number of nitrogens with zero attached hydrogens (tertiary/aromatic N) is 1. The molecular weight excluding hydrogens is 262 g/mol. The molecule has 1 unspecified atom stereocenters. The predicted octanol–water partition coefficient (Wildman–Crippen LogP) is 2.25. The first-order chi connectivity index (χ1) is 8.90. The van der Waals surface area contributed by atoms with Crippen molar-refractivity contribution in [3.8, 4) is 0 Å². The van der Waals surface area contributed by atoms with E-state index in [1.54, 1.807) is 7.05 Å². The van der Waals surface area contributed by atoms with Gasteiger partial charge in [0.25, 0.3) is 0 Å². The lowest BCUT2D eigenvalue weighted by Crippen LogP contribution is -2.34. The lowest BCUT2D eigenvalue weighted by Gasteiger charge is -2.23. The summed E-state index contributed by atoms with van der Waals surface area (Å²) in [4.78, 5) is 0. The third-order valence-corrected chi connectivity index (χ3v) is 5.35. The van der Waals surface area contributed by atoms with Gasteiger partial charge in [-0.1, -0.05) is 17.7 Å². The van der Waals surface area contributed by atoms with E-state index in [1.807, 2.05) is 32.0 Å². The molecule has 1 saturated heterocycles. The van der Waals surface area contributed by atoms with Gasteiger partial charge >= 0.3 is 0 Å². The van der Waals surface area contributed by atoms with E-state index in [2.05, 4.69) is 0 Å². The summed E-state index contributed by atoms with van der Waals surface area (Å²) in [5.74, 6) is 0.0663. The van der Waals surface area contributed by atoms with Gasteiger partial charge in [-0.3, -0.25) is 4.31 Å². The molecule has 1 fully saturated rings. The van der Waals surface area contributed by atoms with E-state index in [1.165, 1.54) is 4.31 Å². The van der Waals surface area contributed by atoms with Crippen molar-refractivity contribution in [2.75, 3.05) is 23.7 Å². The van der Waals surface area contributed by atoms with Crippen molar-refractivity contribution >= 4 is 15.7 Å². The van der Waals surface area contributed by atoms with Crippen molar-refractivity contribution in [2.45, 2.75) is 32.8 Å². The molecule has 1 aliphatic rings. The number of hydrogen-bond donors (Lipinski definition) is 0. The summed E-state index contributed by atoms with van der Waals surface area (Å²) < 4.78 is 31.5. The van der Waals surface area contributed by atoms with Crippen LogP contribution in [0.4, 0.5) is 5.69 Å². The minimum atomic E-state index is -3.32. The Hall–Kier alpha value is -1.07. The third-order valence-electron chi connectivity index (χ3n) is 3.53. The van der Waals surface area contributed by atoms with E-state index in [0.29, 0.717) is 6.61 Å². The second kappa shape index (κ2) is 5.51. The van der Waals surface area contributed by atoms with Crippen LogP contribution in [0, 0.1) is 13.8 Å². The molecular formula is C14H21NO3S. The zero-order chi connectivity index (χ0) is 14.0. The lowest BCUT2D eigenvalue weighted by molar-refractivity contribution is 0.127. The van der Waals surface area contributed by atoms with Crippen molar-refractivity contribution in [2.24, 2.45) is 0 Å². The predicted molar refractivity (Wildman–Crippen MR) is 77.1 cm³/mol. The summed E-state index contributed by atoms with van der Waals surface area (Å²) in [5, 5.41) is 0. The Morgan fingerprint density at radius 1 is 1.37 bits per heavy atom. The molecule has 1 heterocycles. The number of hydrogen-bond acceptors (Lipinski definition) is 3. The van der Waals surface area contributed by atoms with E-state index in [4.69, 9.17) is 4.74 Å². The van der Waals surface area contributed by atoms with Gasteiger partial charge in [0.2, 0.25) is 10.0 Å². The van der Waals surface area contributed by atoms with E-state index in [9.17, 15) is 8.42 Å². The number of benzene rings is 1. The van der Waals surface area contributed by atoms with Crippen molar-refractivity contribution in [1.29, 1.82) is 0 Å². The zero-order valence-electron chi connectivity index (χ0n) is 11.7. The fourth-order valence-corrected chi connectivity index (χ4v) is 3.89. The molecule has 106 valence electrons. The maximum Gasteiger partial charge on any atom is 0.237 e. The Bertz CT molecular complexity index is 548. The topological polar surface area (TPSA) is 46.6 Å². The summed E-state index contributed by atoms with van der Waals surface area (Å²) in [7, 11) is -1.71. The second-order valence-electron chi connectivity index (χ2n) is 5.17. The van der Waals surface area contributed by atoms with Crippen LogP contribution in [0.1, 0.15) is 24.0 Å². The first kappa shape index (κ1) is 14.3. The Morgan fingerprint density at radius 3 is 2.68 bits per heavy atom. The standard InChI is InChI=1S/C14H21NO3S/c1-11-6-7-14(12(2)9-11)15(3)19(16,17)10-13-5-4-8-18-13/h6-7,9,13H,4-5,8,10H2,1-3H3. The van der Waals surface area contributed by atoms with Crippen LogP contribution >= 0.6 is 0 Å². The molecule has 0 saturated carbocycles. The van der Waals surface area contributed by atoms with E-state index in [-0.39, 0.29) is 11.9 Å². The van der Waals surface area contributed by atoms with Gasteiger partial charge in [0.15, 0.2) is 0 Å². The van der Waals surface area contributed by atoms with Crippen molar-refractivity contribution < 1.29 is 13.2 Å². The normalized spacial score (nSPS) is 19.6. The van der Waals surface area contributed by atoms with E-state index >= 15 is 0 Å². The molecule has 0 amide bonds. The highest BCUT2D eigenvalue weighted by Gasteiger charge is 2.27. The van der Waals surface area contributed by atoms with Gasteiger partial charge in [0.1, 0.15) is 0 Å². The quantitative estimate of drug-likeness (QED) is 0.851. The molecule has 0 spiro atoms. The number of aryl methyl sites for hydroxylation is 2. The van der Waals surface area contributed by atoms with Gasteiger partial charge in [-0.05, 0) is 38.3 Å². The number of ether oxygens (including phenoxy) is 1.